The molecule has 37 heavy (non-hydrogen) atoms. The third kappa shape index (κ3) is 5.79. The second kappa shape index (κ2) is 10.2. The third-order valence-corrected chi connectivity index (χ3v) is 5.68. The van der Waals surface area contributed by atoms with Gasteiger partial charge in [-0.3, -0.25) is 4.90 Å². The summed E-state index contributed by atoms with van der Waals surface area (Å²) in [6.07, 6.45) is 0.822. The molecule has 0 fully saturated rings. The topological polar surface area (TPSA) is 124 Å². The number of aromatic nitrogens is 2. The molecule has 2 heterocycles. The van der Waals surface area contributed by atoms with Crippen molar-refractivity contribution in [2.75, 3.05) is 16.8 Å². The molecular formula is C28H28N6O3. The molecule has 0 unspecified atom stereocenters. The lowest BCUT2D eigenvalue weighted by molar-refractivity contribution is 0.0576. The van der Waals surface area contributed by atoms with Gasteiger partial charge in [0.05, 0.1) is 28.8 Å². The minimum Gasteiger partial charge on any atom is -0.443 e. The van der Waals surface area contributed by atoms with Gasteiger partial charge in [0, 0.05) is 12.2 Å². The zero-order valence-electron chi connectivity index (χ0n) is 21.5. The number of nitrogens with one attached hydrogen (secondary N) is 1. The summed E-state index contributed by atoms with van der Waals surface area (Å²) in [5, 5.41) is 21.6. The van der Waals surface area contributed by atoms with Gasteiger partial charge in [0.2, 0.25) is 11.8 Å². The van der Waals surface area contributed by atoms with Crippen LogP contribution in [0, 0.1) is 36.5 Å². The zero-order chi connectivity index (χ0) is 26.7. The van der Waals surface area contributed by atoms with Gasteiger partial charge in [-0.15, -0.1) is 0 Å². The highest BCUT2D eigenvalue weighted by atomic mass is 16.6. The van der Waals surface area contributed by atoms with Crippen molar-refractivity contribution < 1.29 is 14.3 Å². The van der Waals surface area contributed by atoms with Crippen LogP contribution in [0.5, 0.6) is 11.6 Å². The van der Waals surface area contributed by atoms with Crippen molar-refractivity contribution in [1.29, 1.82) is 10.5 Å². The van der Waals surface area contributed by atoms with Crippen molar-refractivity contribution >= 4 is 23.5 Å². The molecule has 0 saturated carbocycles. The zero-order valence-corrected chi connectivity index (χ0v) is 21.5. The Hall–Kier alpha value is -4.63. The fourth-order valence-corrected chi connectivity index (χ4v) is 4.08. The number of anilines is 3. The number of nitrogens with zero attached hydrogens (tertiary/aromatic N) is 5. The molecule has 1 aliphatic heterocycles. The van der Waals surface area contributed by atoms with E-state index in [0.29, 0.717) is 59.2 Å². The summed E-state index contributed by atoms with van der Waals surface area (Å²) in [6, 6.07) is 14.7. The molecule has 188 valence electrons. The number of aryl methyl sites for hydroxylation is 2. The second-order valence-electron chi connectivity index (χ2n) is 9.86. The van der Waals surface area contributed by atoms with Crippen LogP contribution in [0.3, 0.4) is 0 Å². The van der Waals surface area contributed by atoms with E-state index in [1.165, 1.54) is 4.90 Å². The standard InChI is InChI=1S/C28H28N6O3/c1-17-13-20(16-30)14-18(2)23(17)36-25-22-7-6-12-34(27(35)37-28(3,4)5)24(22)32-26(33-25)31-21-10-8-19(15-29)9-11-21/h8-11,13-14H,6-7,12H2,1-5H3,(H,31,32,33). The minimum absolute atomic E-state index is 0.234. The van der Waals surface area contributed by atoms with E-state index >= 15 is 0 Å². The molecule has 0 saturated heterocycles. The summed E-state index contributed by atoms with van der Waals surface area (Å²) < 4.78 is 12.0. The predicted molar refractivity (Wildman–Crippen MR) is 139 cm³/mol. The lowest BCUT2D eigenvalue weighted by atomic mass is 10.1. The van der Waals surface area contributed by atoms with Crippen LogP contribution in [-0.4, -0.2) is 28.2 Å². The summed E-state index contributed by atoms with van der Waals surface area (Å²) in [6.45, 7) is 9.65. The first-order valence-corrected chi connectivity index (χ1v) is 12.0. The van der Waals surface area contributed by atoms with Crippen LogP contribution in [0.4, 0.5) is 22.2 Å². The number of hydrogen-bond donors (Lipinski definition) is 1. The Balaban J connectivity index is 1.80. The molecule has 9 nitrogen and oxygen atoms in total. The van der Waals surface area contributed by atoms with Crippen molar-refractivity contribution in [3.8, 4) is 23.8 Å². The van der Waals surface area contributed by atoms with Crippen molar-refractivity contribution in [2.24, 2.45) is 0 Å². The Morgan fingerprint density at radius 3 is 2.27 bits per heavy atom. The molecule has 4 rings (SSSR count). The van der Waals surface area contributed by atoms with E-state index < -0.39 is 11.7 Å². The fourth-order valence-electron chi connectivity index (χ4n) is 4.08. The molecule has 1 aliphatic rings. The van der Waals surface area contributed by atoms with Gasteiger partial charge in [0.25, 0.3) is 0 Å². The third-order valence-electron chi connectivity index (χ3n) is 5.68. The lowest BCUT2D eigenvalue weighted by Crippen LogP contribution is -2.40. The van der Waals surface area contributed by atoms with Crippen molar-refractivity contribution in [3.63, 3.8) is 0 Å². The molecule has 0 radical (unpaired) electrons. The average Bonchev–Trinajstić information content (AvgIpc) is 2.85. The largest absolute Gasteiger partial charge is 0.443 e. The number of benzene rings is 2. The van der Waals surface area contributed by atoms with E-state index in [1.54, 1.807) is 36.4 Å². The van der Waals surface area contributed by atoms with Crippen LogP contribution in [-0.2, 0) is 11.2 Å². The Labute approximate surface area is 216 Å². The van der Waals surface area contributed by atoms with E-state index in [1.807, 2.05) is 34.6 Å². The van der Waals surface area contributed by atoms with E-state index in [0.717, 1.165) is 11.1 Å². The molecule has 1 N–H and O–H groups in total. The number of rotatable bonds is 4. The SMILES string of the molecule is Cc1cc(C#N)cc(C)c1Oc1nc(Nc2ccc(C#N)cc2)nc2c1CCCN2C(=O)OC(C)(C)C. The monoisotopic (exact) mass is 496 g/mol. The van der Waals surface area contributed by atoms with Gasteiger partial charge in [0.1, 0.15) is 11.4 Å². The average molecular weight is 497 g/mol. The van der Waals surface area contributed by atoms with Gasteiger partial charge < -0.3 is 14.8 Å². The predicted octanol–water partition coefficient (Wildman–Crippen LogP) is 6.06. The van der Waals surface area contributed by atoms with Crippen molar-refractivity contribution in [3.05, 3.63) is 64.2 Å². The molecule has 2 aromatic carbocycles. The summed E-state index contributed by atoms with van der Waals surface area (Å²) >= 11 is 0. The first-order valence-electron chi connectivity index (χ1n) is 12.0. The summed E-state index contributed by atoms with van der Waals surface area (Å²) in [5.74, 6) is 1.58. The van der Waals surface area contributed by atoms with E-state index in [4.69, 9.17) is 14.7 Å². The normalized spacial score (nSPS) is 12.7. The van der Waals surface area contributed by atoms with E-state index in [-0.39, 0.29) is 5.95 Å². The van der Waals surface area contributed by atoms with Crippen LogP contribution in [0.1, 0.15) is 55.0 Å². The van der Waals surface area contributed by atoms with Crippen LogP contribution in [0.25, 0.3) is 0 Å². The molecular weight excluding hydrogens is 468 g/mol. The Bertz CT molecular complexity index is 1410. The minimum atomic E-state index is -0.665. The Morgan fingerprint density at radius 2 is 1.68 bits per heavy atom. The quantitative estimate of drug-likeness (QED) is 0.462. The number of amides is 1. The molecule has 1 aromatic heterocycles. The van der Waals surface area contributed by atoms with Gasteiger partial charge in [-0.05, 0) is 95.0 Å². The number of fused-ring (bicyclic) bond motifs is 1. The second-order valence-corrected chi connectivity index (χ2v) is 9.86. The van der Waals surface area contributed by atoms with Crippen LogP contribution < -0.4 is 15.0 Å². The maximum Gasteiger partial charge on any atom is 0.416 e. The summed E-state index contributed by atoms with van der Waals surface area (Å²) in [7, 11) is 0. The number of carbonyl (C=O) groups is 1. The number of hydrogen-bond acceptors (Lipinski definition) is 8. The number of nitriles is 2. The van der Waals surface area contributed by atoms with Crippen LogP contribution >= 0.6 is 0 Å². The van der Waals surface area contributed by atoms with Gasteiger partial charge in [-0.2, -0.15) is 20.5 Å². The summed E-state index contributed by atoms with van der Waals surface area (Å²) in [4.78, 5) is 23.9. The molecule has 9 heteroatoms. The van der Waals surface area contributed by atoms with Crippen molar-refractivity contribution in [1.82, 2.24) is 9.97 Å². The lowest BCUT2D eigenvalue weighted by Gasteiger charge is -2.31. The van der Waals surface area contributed by atoms with Gasteiger partial charge >= 0.3 is 6.09 Å². The van der Waals surface area contributed by atoms with Crippen LogP contribution in [0.2, 0.25) is 0 Å². The summed E-state index contributed by atoms with van der Waals surface area (Å²) in [5.41, 5.74) is 3.38. The van der Waals surface area contributed by atoms with Gasteiger partial charge in [-0.1, -0.05) is 0 Å². The van der Waals surface area contributed by atoms with Crippen molar-refractivity contribution in [2.45, 2.75) is 53.1 Å². The highest BCUT2D eigenvalue weighted by Crippen LogP contribution is 2.38. The Morgan fingerprint density at radius 1 is 1.03 bits per heavy atom. The smallest absolute Gasteiger partial charge is 0.416 e. The maximum atomic E-state index is 13.1. The fraction of sp³-hybridized carbons (Fsp3) is 0.321. The molecule has 3 aromatic rings. The highest BCUT2D eigenvalue weighted by Gasteiger charge is 2.32. The van der Waals surface area contributed by atoms with Gasteiger partial charge in [0.15, 0.2) is 5.82 Å². The molecule has 0 bridgehead atoms. The van der Waals surface area contributed by atoms with E-state index in [2.05, 4.69) is 27.4 Å². The molecule has 0 aliphatic carbocycles. The Kier molecular flexibility index (Phi) is 6.99. The van der Waals surface area contributed by atoms with Gasteiger partial charge in [-0.25, -0.2) is 4.79 Å². The molecule has 1 amide bonds. The highest BCUT2D eigenvalue weighted by molar-refractivity contribution is 5.89. The van der Waals surface area contributed by atoms with Crippen LogP contribution in [0.15, 0.2) is 36.4 Å². The molecule has 0 spiro atoms. The van der Waals surface area contributed by atoms with E-state index in [9.17, 15) is 10.1 Å². The first-order chi connectivity index (χ1) is 17.6. The number of carbonyl (C=O) groups excluding carboxylic acids is 1. The molecule has 0 atom stereocenters. The number of ether oxygens (including phenoxy) is 2. The first kappa shape index (κ1) is 25.5. The maximum absolute atomic E-state index is 13.1.